The lowest BCUT2D eigenvalue weighted by atomic mass is 10.1. The number of benzene rings is 1. The minimum Gasteiger partial charge on any atom is -0.482 e. The summed E-state index contributed by atoms with van der Waals surface area (Å²) in [5, 5.41) is 9.39. The van der Waals surface area contributed by atoms with Crippen LogP contribution in [-0.2, 0) is 9.53 Å². The molecule has 4 nitrogen and oxygen atoms in total. The average molecular weight is 228 g/mol. The van der Waals surface area contributed by atoms with Crippen LogP contribution in [0.4, 0.5) is 4.39 Å². The van der Waals surface area contributed by atoms with Gasteiger partial charge in [0.1, 0.15) is 11.6 Å². The van der Waals surface area contributed by atoms with Crippen LogP contribution in [0, 0.1) is 5.82 Å². The minimum atomic E-state index is -0.872. The van der Waals surface area contributed by atoms with Crippen molar-refractivity contribution < 1.29 is 23.8 Å². The monoisotopic (exact) mass is 228 g/mol. The molecule has 0 radical (unpaired) electrons. The van der Waals surface area contributed by atoms with Gasteiger partial charge in [-0.25, -0.2) is 9.18 Å². The van der Waals surface area contributed by atoms with Crippen LogP contribution in [0.25, 0.3) is 0 Å². The Balaban J connectivity index is 2.82. The van der Waals surface area contributed by atoms with Gasteiger partial charge < -0.3 is 14.6 Å². The molecule has 1 aromatic rings. The highest BCUT2D eigenvalue weighted by molar-refractivity contribution is 5.70. The first-order chi connectivity index (χ1) is 7.54. The topological polar surface area (TPSA) is 55.8 Å². The van der Waals surface area contributed by atoms with Crippen LogP contribution in [0.5, 0.6) is 5.75 Å². The van der Waals surface area contributed by atoms with E-state index in [1.54, 1.807) is 0 Å². The van der Waals surface area contributed by atoms with Gasteiger partial charge in [0.25, 0.3) is 0 Å². The van der Waals surface area contributed by atoms with E-state index in [2.05, 4.69) is 4.74 Å². The Morgan fingerprint density at radius 1 is 1.56 bits per heavy atom. The van der Waals surface area contributed by atoms with Gasteiger partial charge in [0.15, 0.2) is 6.61 Å². The number of methoxy groups -OCH3 is 1. The third-order valence-electron chi connectivity index (χ3n) is 2.00. The van der Waals surface area contributed by atoms with Gasteiger partial charge in [0, 0.05) is 5.56 Å². The van der Waals surface area contributed by atoms with Gasteiger partial charge in [0.05, 0.1) is 13.2 Å². The van der Waals surface area contributed by atoms with Crippen molar-refractivity contribution in [2.24, 2.45) is 0 Å². The largest absolute Gasteiger partial charge is 0.482 e. The maximum atomic E-state index is 12.9. The number of esters is 1. The lowest BCUT2D eigenvalue weighted by Gasteiger charge is -2.12. The fourth-order valence-electron chi connectivity index (χ4n) is 1.17. The average Bonchev–Trinajstić information content (AvgIpc) is 2.26. The molecule has 0 aliphatic carbocycles. The summed E-state index contributed by atoms with van der Waals surface area (Å²) in [6.45, 7) is 1.21. The fraction of sp³-hybridized carbons (Fsp3) is 0.364. The van der Waals surface area contributed by atoms with Crippen molar-refractivity contribution in [1.82, 2.24) is 0 Å². The number of rotatable bonds is 4. The summed E-state index contributed by atoms with van der Waals surface area (Å²) >= 11 is 0. The van der Waals surface area contributed by atoms with Gasteiger partial charge in [-0.2, -0.15) is 0 Å². The van der Waals surface area contributed by atoms with E-state index >= 15 is 0 Å². The molecule has 0 saturated carbocycles. The maximum Gasteiger partial charge on any atom is 0.343 e. The fourth-order valence-corrected chi connectivity index (χ4v) is 1.17. The number of ether oxygens (including phenoxy) is 2. The molecule has 1 atom stereocenters. The summed E-state index contributed by atoms with van der Waals surface area (Å²) in [5.41, 5.74) is 0.295. The molecular weight excluding hydrogens is 215 g/mol. The van der Waals surface area contributed by atoms with Crippen molar-refractivity contribution in [1.29, 1.82) is 0 Å². The number of aliphatic hydroxyl groups excluding tert-OH is 1. The number of carbonyl (C=O) groups excluding carboxylic acids is 1. The first-order valence-corrected chi connectivity index (χ1v) is 4.71. The molecule has 0 aromatic heterocycles. The van der Waals surface area contributed by atoms with E-state index in [1.165, 1.54) is 26.2 Å². The quantitative estimate of drug-likeness (QED) is 0.792. The summed E-state index contributed by atoms with van der Waals surface area (Å²) in [6.07, 6.45) is -0.872. The van der Waals surface area contributed by atoms with Crippen LogP contribution in [0.15, 0.2) is 18.2 Å². The Hall–Kier alpha value is -1.62. The van der Waals surface area contributed by atoms with E-state index < -0.39 is 17.9 Å². The number of carbonyl (C=O) groups is 1. The van der Waals surface area contributed by atoms with Crippen LogP contribution in [0.1, 0.15) is 18.6 Å². The number of hydrogen-bond acceptors (Lipinski definition) is 4. The first kappa shape index (κ1) is 12.4. The van der Waals surface area contributed by atoms with E-state index in [-0.39, 0.29) is 12.4 Å². The van der Waals surface area contributed by atoms with Crippen molar-refractivity contribution in [2.75, 3.05) is 13.7 Å². The molecule has 0 aliphatic rings. The van der Waals surface area contributed by atoms with Crippen LogP contribution < -0.4 is 4.74 Å². The highest BCUT2D eigenvalue weighted by atomic mass is 19.1. The van der Waals surface area contributed by atoms with Crippen LogP contribution in [0.2, 0.25) is 0 Å². The Morgan fingerprint density at radius 3 is 2.81 bits per heavy atom. The molecule has 88 valence electrons. The molecule has 5 heteroatoms. The number of aliphatic hydroxyl groups is 1. The van der Waals surface area contributed by atoms with E-state index in [1.807, 2.05) is 0 Å². The number of hydrogen-bond donors (Lipinski definition) is 1. The summed E-state index contributed by atoms with van der Waals surface area (Å²) in [5.74, 6) is -0.746. The minimum absolute atomic E-state index is 0.266. The Labute approximate surface area is 92.6 Å². The second-order valence-electron chi connectivity index (χ2n) is 3.22. The summed E-state index contributed by atoms with van der Waals surface area (Å²) in [7, 11) is 1.24. The molecule has 16 heavy (non-hydrogen) atoms. The molecule has 0 spiro atoms. The summed E-state index contributed by atoms with van der Waals surface area (Å²) < 4.78 is 22.4. The molecule has 0 bridgehead atoms. The SMILES string of the molecule is COC(=O)COc1ccc(F)cc1[C@@H](C)O. The van der Waals surface area contributed by atoms with E-state index in [4.69, 9.17) is 4.74 Å². The molecule has 0 heterocycles. The normalized spacial score (nSPS) is 12.0. The third kappa shape index (κ3) is 3.20. The summed E-state index contributed by atoms with van der Waals surface area (Å²) in [6, 6.07) is 3.72. The van der Waals surface area contributed by atoms with Gasteiger partial charge in [-0.1, -0.05) is 0 Å². The molecule has 0 aliphatic heterocycles. The Bertz CT molecular complexity index is 376. The lowest BCUT2D eigenvalue weighted by Crippen LogP contribution is -2.13. The Morgan fingerprint density at radius 2 is 2.25 bits per heavy atom. The number of halogens is 1. The van der Waals surface area contributed by atoms with Crippen molar-refractivity contribution in [3.63, 3.8) is 0 Å². The molecular formula is C11H13FO4. The van der Waals surface area contributed by atoms with E-state index in [9.17, 15) is 14.3 Å². The maximum absolute atomic E-state index is 12.9. The predicted molar refractivity (Wildman–Crippen MR) is 54.5 cm³/mol. The zero-order valence-corrected chi connectivity index (χ0v) is 9.07. The van der Waals surface area contributed by atoms with Gasteiger partial charge in [-0.15, -0.1) is 0 Å². The molecule has 0 amide bonds. The molecule has 1 aromatic carbocycles. The van der Waals surface area contributed by atoms with E-state index in [0.717, 1.165) is 6.07 Å². The van der Waals surface area contributed by atoms with E-state index in [0.29, 0.717) is 5.56 Å². The highest BCUT2D eigenvalue weighted by Gasteiger charge is 2.12. The van der Waals surface area contributed by atoms with Gasteiger partial charge in [-0.05, 0) is 25.1 Å². The predicted octanol–water partition coefficient (Wildman–Crippen LogP) is 1.43. The van der Waals surface area contributed by atoms with Crippen molar-refractivity contribution >= 4 is 5.97 Å². The van der Waals surface area contributed by atoms with Crippen LogP contribution >= 0.6 is 0 Å². The lowest BCUT2D eigenvalue weighted by molar-refractivity contribution is -0.142. The Kier molecular flexibility index (Phi) is 4.25. The molecule has 1 rings (SSSR count). The third-order valence-corrected chi connectivity index (χ3v) is 2.00. The second kappa shape index (κ2) is 5.46. The zero-order chi connectivity index (χ0) is 12.1. The molecule has 0 saturated heterocycles. The van der Waals surface area contributed by atoms with Crippen molar-refractivity contribution in [3.05, 3.63) is 29.6 Å². The van der Waals surface area contributed by atoms with Gasteiger partial charge >= 0.3 is 5.97 Å². The second-order valence-corrected chi connectivity index (χ2v) is 3.22. The summed E-state index contributed by atoms with van der Waals surface area (Å²) in [4.78, 5) is 10.8. The van der Waals surface area contributed by atoms with Crippen LogP contribution in [-0.4, -0.2) is 24.8 Å². The molecule has 0 fully saturated rings. The standard InChI is InChI=1S/C11H13FO4/c1-7(13)9-5-8(12)3-4-10(9)16-6-11(14)15-2/h3-5,7,13H,6H2,1-2H3/t7-/m1/s1. The van der Waals surface area contributed by atoms with Crippen molar-refractivity contribution in [3.8, 4) is 5.75 Å². The molecule has 1 N–H and O–H groups in total. The zero-order valence-electron chi connectivity index (χ0n) is 9.07. The smallest absolute Gasteiger partial charge is 0.343 e. The van der Waals surface area contributed by atoms with Crippen LogP contribution in [0.3, 0.4) is 0 Å². The van der Waals surface area contributed by atoms with Gasteiger partial charge in [-0.3, -0.25) is 0 Å². The first-order valence-electron chi connectivity index (χ1n) is 4.71. The highest BCUT2D eigenvalue weighted by Crippen LogP contribution is 2.25. The van der Waals surface area contributed by atoms with Crippen molar-refractivity contribution in [2.45, 2.75) is 13.0 Å². The molecule has 0 unspecified atom stereocenters. The van der Waals surface area contributed by atoms with Gasteiger partial charge in [0.2, 0.25) is 0 Å².